The van der Waals surface area contributed by atoms with Crippen LogP contribution in [-0.4, -0.2) is 56.4 Å². The zero-order valence-electron chi connectivity index (χ0n) is 16.2. The average Bonchev–Trinajstić information content (AvgIpc) is 2.69. The Morgan fingerprint density at radius 1 is 0.857 bits per heavy atom. The van der Waals surface area contributed by atoms with E-state index in [0.29, 0.717) is 0 Å². The monoisotopic (exact) mass is 396 g/mol. The molecule has 0 aliphatic carbocycles. The molecule has 3 unspecified atom stereocenters. The van der Waals surface area contributed by atoms with Crippen molar-refractivity contribution in [2.75, 3.05) is 14.2 Å². The van der Waals surface area contributed by atoms with Crippen LogP contribution in [0.3, 0.4) is 0 Å². The summed E-state index contributed by atoms with van der Waals surface area (Å²) < 4.78 is 24.2. The van der Waals surface area contributed by atoms with Crippen LogP contribution in [-0.2, 0) is 49.5 Å². The van der Waals surface area contributed by atoms with Gasteiger partial charge in [0.1, 0.15) is 6.61 Å². The molecule has 0 N–H and O–H groups in total. The predicted octanol–water partition coefficient (Wildman–Crippen LogP) is 1.17. The van der Waals surface area contributed by atoms with E-state index in [1.807, 2.05) is 6.07 Å². The summed E-state index contributed by atoms with van der Waals surface area (Å²) in [7, 11) is 2.40. The van der Waals surface area contributed by atoms with E-state index in [1.54, 1.807) is 24.3 Å². The standard InChI is InChI=1S/C19H24O9/c1-12(17(21)25-4)28-18(22)13(2)27-16(20)10-15(24-3)19(23)26-11-14-8-6-5-7-9-14/h5-9,12-13,15H,10-11H2,1-4H3. The van der Waals surface area contributed by atoms with Crippen LogP contribution in [0, 0.1) is 0 Å². The largest absolute Gasteiger partial charge is 0.466 e. The maximum atomic E-state index is 12.1. The quantitative estimate of drug-likeness (QED) is 0.424. The van der Waals surface area contributed by atoms with E-state index in [0.717, 1.165) is 12.7 Å². The minimum atomic E-state index is -1.28. The minimum absolute atomic E-state index is 0.0305. The van der Waals surface area contributed by atoms with E-state index in [9.17, 15) is 19.2 Å². The number of esters is 4. The molecule has 28 heavy (non-hydrogen) atoms. The average molecular weight is 396 g/mol. The summed E-state index contributed by atoms with van der Waals surface area (Å²) in [6, 6.07) is 9.00. The maximum Gasteiger partial charge on any atom is 0.347 e. The summed E-state index contributed by atoms with van der Waals surface area (Å²) in [5, 5.41) is 0. The Hall–Kier alpha value is -2.94. The molecule has 0 saturated heterocycles. The van der Waals surface area contributed by atoms with Gasteiger partial charge in [-0.25, -0.2) is 14.4 Å². The first kappa shape index (κ1) is 23.1. The summed E-state index contributed by atoms with van der Waals surface area (Å²) in [6.07, 6.45) is -4.06. The molecule has 0 spiro atoms. The number of ether oxygens (including phenoxy) is 5. The van der Waals surface area contributed by atoms with Gasteiger partial charge in [-0.1, -0.05) is 30.3 Å². The van der Waals surface area contributed by atoms with E-state index in [-0.39, 0.29) is 6.61 Å². The first-order valence-corrected chi connectivity index (χ1v) is 8.49. The highest BCUT2D eigenvalue weighted by atomic mass is 16.6. The van der Waals surface area contributed by atoms with Gasteiger partial charge in [0.05, 0.1) is 13.5 Å². The molecule has 154 valence electrons. The van der Waals surface area contributed by atoms with Crippen LogP contribution in [0.4, 0.5) is 0 Å². The molecule has 0 aliphatic rings. The second-order valence-electron chi connectivity index (χ2n) is 5.76. The van der Waals surface area contributed by atoms with Crippen LogP contribution in [0.25, 0.3) is 0 Å². The van der Waals surface area contributed by atoms with Gasteiger partial charge in [-0.3, -0.25) is 4.79 Å². The number of carbonyl (C=O) groups is 4. The zero-order chi connectivity index (χ0) is 21.1. The van der Waals surface area contributed by atoms with Crippen molar-refractivity contribution in [3.05, 3.63) is 35.9 Å². The topological polar surface area (TPSA) is 114 Å². The van der Waals surface area contributed by atoms with Gasteiger partial charge in [0.2, 0.25) is 0 Å². The van der Waals surface area contributed by atoms with Crippen molar-refractivity contribution in [2.24, 2.45) is 0 Å². The van der Waals surface area contributed by atoms with Crippen molar-refractivity contribution >= 4 is 23.9 Å². The lowest BCUT2D eigenvalue weighted by Crippen LogP contribution is -2.34. The summed E-state index contributed by atoms with van der Waals surface area (Å²) in [5.41, 5.74) is 0.782. The molecule has 0 radical (unpaired) electrons. The molecule has 3 atom stereocenters. The third-order valence-corrected chi connectivity index (χ3v) is 3.59. The summed E-state index contributed by atoms with van der Waals surface area (Å²) in [5.74, 6) is -3.27. The fourth-order valence-corrected chi connectivity index (χ4v) is 2.01. The molecule has 1 aromatic carbocycles. The first-order valence-electron chi connectivity index (χ1n) is 8.49. The highest BCUT2D eigenvalue weighted by Gasteiger charge is 2.28. The molecule has 9 nitrogen and oxygen atoms in total. The van der Waals surface area contributed by atoms with Crippen LogP contribution in [0.5, 0.6) is 0 Å². The smallest absolute Gasteiger partial charge is 0.347 e. The summed E-state index contributed by atoms with van der Waals surface area (Å²) in [6.45, 7) is 2.63. The highest BCUT2D eigenvalue weighted by Crippen LogP contribution is 2.08. The van der Waals surface area contributed by atoms with Crippen molar-refractivity contribution in [1.82, 2.24) is 0 Å². The minimum Gasteiger partial charge on any atom is -0.466 e. The van der Waals surface area contributed by atoms with Crippen LogP contribution in [0.1, 0.15) is 25.8 Å². The molecule has 0 bridgehead atoms. The van der Waals surface area contributed by atoms with Crippen molar-refractivity contribution in [3.8, 4) is 0 Å². The van der Waals surface area contributed by atoms with Gasteiger partial charge in [0, 0.05) is 7.11 Å². The van der Waals surface area contributed by atoms with E-state index >= 15 is 0 Å². The van der Waals surface area contributed by atoms with Gasteiger partial charge in [0.25, 0.3) is 0 Å². The third-order valence-electron chi connectivity index (χ3n) is 3.59. The number of hydrogen-bond donors (Lipinski definition) is 0. The van der Waals surface area contributed by atoms with Crippen LogP contribution >= 0.6 is 0 Å². The van der Waals surface area contributed by atoms with Crippen LogP contribution in [0.2, 0.25) is 0 Å². The maximum absolute atomic E-state index is 12.1. The van der Waals surface area contributed by atoms with Gasteiger partial charge in [-0.15, -0.1) is 0 Å². The predicted molar refractivity (Wildman–Crippen MR) is 94.8 cm³/mol. The number of rotatable bonds is 10. The Labute approximate surface area is 162 Å². The lowest BCUT2D eigenvalue weighted by atomic mass is 10.2. The van der Waals surface area contributed by atoms with E-state index < -0.39 is 48.6 Å². The number of carbonyl (C=O) groups excluding carboxylic acids is 4. The SMILES string of the molecule is COC(=O)C(C)OC(=O)C(C)OC(=O)CC(OC)C(=O)OCc1ccccc1. The Kier molecular flexibility index (Phi) is 9.66. The van der Waals surface area contributed by atoms with Crippen molar-refractivity contribution in [1.29, 1.82) is 0 Å². The molecule has 0 fully saturated rings. The fourth-order valence-electron chi connectivity index (χ4n) is 2.01. The van der Waals surface area contributed by atoms with E-state index in [1.165, 1.54) is 21.0 Å². The summed E-state index contributed by atoms with van der Waals surface area (Å²) >= 11 is 0. The van der Waals surface area contributed by atoms with Gasteiger partial charge in [-0.05, 0) is 19.4 Å². The lowest BCUT2D eigenvalue weighted by molar-refractivity contribution is -0.177. The van der Waals surface area contributed by atoms with Crippen molar-refractivity contribution in [3.63, 3.8) is 0 Å². The second-order valence-corrected chi connectivity index (χ2v) is 5.76. The lowest BCUT2D eigenvalue weighted by Gasteiger charge is -2.17. The Balaban J connectivity index is 2.48. The normalized spacial score (nSPS) is 13.6. The number of benzene rings is 1. The van der Waals surface area contributed by atoms with E-state index in [4.69, 9.17) is 18.9 Å². The number of methoxy groups -OCH3 is 2. The van der Waals surface area contributed by atoms with Gasteiger partial charge in [-0.2, -0.15) is 0 Å². The van der Waals surface area contributed by atoms with Gasteiger partial charge in [0.15, 0.2) is 18.3 Å². The molecule has 9 heteroatoms. The Bertz CT molecular complexity index is 671. The Morgan fingerprint density at radius 2 is 1.46 bits per heavy atom. The van der Waals surface area contributed by atoms with E-state index in [2.05, 4.69) is 4.74 Å². The molecule has 0 amide bonds. The van der Waals surface area contributed by atoms with Crippen molar-refractivity contribution in [2.45, 2.75) is 45.2 Å². The van der Waals surface area contributed by atoms with Crippen LogP contribution in [0.15, 0.2) is 30.3 Å². The number of hydrogen-bond acceptors (Lipinski definition) is 9. The zero-order valence-corrected chi connectivity index (χ0v) is 16.2. The molecular weight excluding hydrogens is 372 g/mol. The van der Waals surface area contributed by atoms with Crippen LogP contribution < -0.4 is 0 Å². The third kappa shape index (κ3) is 7.75. The second kappa shape index (κ2) is 11.7. The molecule has 1 rings (SSSR count). The molecular formula is C19H24O9. The van der Waals surface area contributed by atoms with Gasteiger partial charge < -0.3 is 23.7 Å². The molecule has 0 heterocycles. The molecule has 0 saturated carbocycles. The molecule has 0 aliphatic heterocycles. The fraction of sp³-hybridized carbons (Fsp3) is 0.474. The van der Waals surface area contributed by atoms with Gasteiger partial charge >= 0.3 is 23.9 Å². The summed E-state index contributed by atoms with van der Waals surface area (Å²) in [4.78, 5) is 47.1. The Morgan fingerprint density at radius 3 is 2.04 bits per heavy atom. The highest BCUT2D eigenvalue weighted by molar-refractivity contribution is 5.85. The molecule has 0 aromatic heterocycles. The van der Waals surface area contributed by atoms with Crippen molar-refractivity contribution < 1.29 is 42.9 Å². The molecule has 1 aromatic rings. The first-order chi connectivity index (χ1) is 13.3.